The number of hydrogen-bond donors (Lipinski definition) is 2. The van der Waals surface area contributed by atoms with Gasteiger partial charge in [0.25, 0.3) is 0 Å². The van der Waals surface area contributed by atoms with E-state index in [1.807, 2.05) is 6.07 Å². The largest absolute Gasteiger partial charge is 0.467 e. The van der Waals surface area contributed by atoms with Crippen LogP contribution in [0.2, 0.25) is 0 Å². The zero-order chi connectivity index (χ0) is 80.5. The number of amides is 1. The van der Waals surface area contributed by atoms with Crippen LogP contribution in [0, 0.1) is 10.8 Å². The zero-order valence-corrected chi connectivity index (χ0v) is 63.6. The van der Waals surface area contributed by atoms with Gasteiger partial charge in [-0.2, -0.15) is 0 Å². The maximum absolute atomic E-state index is 14.9. The van der Waals surface area contributed by atoms with Crippen LogP contribution in [0.15, 0.2) is 162 Å². The Hall–Kier alpha value is -9.71. The monoisotopic (exact) mass is 1560 g/mol. The SMILES string of the molecule is COC(=O)[C@@H]1O[C@@H](OCCNC(=O)OCc2ccccc2)[C@H](OC(=O)C(C)(C)C)[C@@H](OCc2ccccc2)[C@@H]1O[C@H]1O[C@H](COC(C)=O)[C@@H](O[C@@H]2O[C@@H](C(=O)OC)[C@@H](O[C@H]3O[C@H](COC(C)=O)[C@@H](O)[C@H](OCc4ccccc4)[C@H]3N=[N+]=[N-])[C@H](OCc3ccccc3)[C@H]2OC(=O)C(C)(C)C)[C@H](OCc2ccccc2)[C@H]1N=[N+]=[N-]. The summed E-state index contributed by atoms with van der Waals surface area (Å²) in [5.74, 6) is -5.63. The minimum absolute atomic E-state index is 0.0497. The number of methoxy groups -OCH3 is 2. The summed E-state index contributed by atoms with van der Waals surface area (Å²) in [5.41, 5.74) is 21.5. The molecular formula is C78H95N7O27. The summed E-state index contributed by atoms with van der Waals surface area (Å²) in [7, 11) is 2.09. The third kappa shape index (κ3) is 24.2. The van der Waals surface area contributed by atoms with Crippen LogP contribution in [-0.2, 0) is 152 Å². The van der Waals surface area contributed by atoms with Gasteiger partial charge < -0.3 is 100 Å². The molecule has 0 aliphatic carbocycles. The Morgan fingerprint density at radius 2 is 0.786 bits per heavy atom. The van der Waals surface area contributed by atoms with Crippen LogP contribution in [-0.4, -0.2) is 210 Å². The predicted molar refractivity (Wildman–Crippen MR) is 388 cm³/mol. The number of carbonyl (C=O) groups excluding carboxylic acids is 7. The molecule has 4 aliphatic rings. The first-order valence-electron chi connectivity index (χ1n) is 36.2. The molecule has 0 radical (unpaired) electrons. The number of benzene rings is 5. The topological polar surface area (TPSA) is 425 Å². The molecule has 4 fully saturated rings. The van der Waals surface area contributed by atoms with Gasteiger partial charge in [0.2, 0.25) is 0 Å². The summed E-state index contributed by atoms with van der Waals surface area (Å²) in [5, 5.41) is 22.8. The summed E-state index contributed by atoms with van der Waals surface area (Å²) < 4.78 is 121. The van der Waals surface area contributed by atoms with E-state index in [0.29, 0.717) is 22.3 Å². The molecule has 4 aliphatic heterocycles. The van der Waals surface area contributed by atoms with Crippen molar-refractivity contribution in [1.82, 2.24) is 5.32 Å². The Morgan fingerprint density at radius 3 is 1.19 bits per heavy atom. The fraction of sp³-hybridized carbons (Fsp3) is 0.526. The number of aliphatic hydroxyl groups is 1. The molecule has 9 rings (SSSR count). The first kappa shape index (κ1) is 86.3. The van der Waals surface area contributed by atoms with Crippen molar-refractivity contribution in [2.75, 3.05) is 40.6 Å². The normalized spacial score (nSPS) is 27.8. The molecule has 5 aromatic carbocycles. The van der Waals surface area contributed by atoms with Gasteiger partial charge in [0.1, 0.15) is 86.8 Å². The van der Waals surface area contributed by atoms with E-state index in [9.17, 15) is 49.7 Å². The van der Waals surface area contributed by atoms with Crippen LogP contribution in [0.1, 0.15) is 83.2 Å². The van der Waals surface area contributed by atoms with E-state index in [1.54, 1.807) is 187 Å². The van der Waals surface area contributed by atoms with Crippen LogP contribution < -0.4 is 5.32 Å². The Balaban J connectivity index is 1.15. The summed E-state index contributed by atoms with van der Waals surface area (Å²) in [6.07, 6.45) is -33.2. The van der Waals surface area contributed by atoms with Gasteiger partial charge >= 0.3 is 41.9 Å². The fourth-order valence-electron chi connectivity index (χ4n) is 12.2. The summed E-state index contributed by atoms with van der Waals surface area (Å²) >= 11 is 0. The number of hydrogen-bond acceptors (Lipinski definition) is 29. The molecule has 4 saturated heterocycles. The highest BCUT2D eigenvalue weighted by atomic mass is 16.8. The van der Waals surface area contributed by atoms with Crippen molar-refractivity contribution >= 4 is 41.9 Å². The second kappa shape index (κ2) is 41.7. The lowest BCUT2D eigenvalue weighted by molar-refractivity contribution is -0.377. The van der Waals surface area contributed by atoms with Crippen molar-refractivity contribution in [1.29, 1.82) is 0 Å². The van der Waals surface area contributed by atoms with Gasteiger partial charge in [-0.25, -0.2) is 14.4 Å². The molecule has 0 unspecified atom stereocenters. The molecule has 34 nitrogen and oxygen atoms in total. The van der Waals surface area contributed by atoms with Gasteiger partial charge in [-0.1, -0.05) is 162 Å². The Labute approximate surface area is 646 Å². The number of rotatable bonds is 34. The van der Waals surface area contributed by atoms with E-state index in [-0.39, 0.29) is 46.2 Å². The van der Waals surface area contributed by atoms with Crippen molar-refractivity contribution in [2.24, 2.45) is 21.1 Å². The third-order valence-electron chi connectivity index (χ3n) is 18.0. The average molecular weight is 1560 g/mol. The molecule has 5 aromatic rings. The molecule has 1 amide bonds. The minimum atomic E-state index is -2.10. The van der Waals surface area contributed by atoms with Gasteiger partial charge in [0.15, 0.2) is 49.6 Å². The van der Waals surface area contributed by atoms with Crippen LogP contribution in [0.5, 0.6) is 0 Å². The molecule has 0 bridgehead atoms. The lowest BCUT2D eigenvalue weighted by Gasteiger charge is -2.51. The number of alkyl carbamates (subject to hydrolysis) is 1. The minimum Gasteiger partial charge on any atom is -0.467 e. The highest BCUT2D eigenvalue weighted by Crippen LogP contribution is 2.42. The highest BCUT2D eigenvalue weighted by Gasteiger charge is 2.61. The number of nitrogens with one attached hydrogen (secondary N) is 1. The molecule has 2 N–H and O–H groups in total. The number of azide groups is 2. The van der Waals surface area contributed by atoms with Gasteiger partial charge in [0, 0.05) is 30.2 Å². The molecule has 0 saturated carbocycles. The molecule has 604 valence electrons. The van der Waals surface area contributed by atoms with E-state index in [1.165, 1.54) is 0 Å². The molecule has 4 heterocycles. The van der Waals surface area contributed by atoms with E-state index >= 15 is 0 Å². The van der Waals surface area contributed by atoms with E-state index in [4.69, 9.17) is 90.0 Å². The zero-order valence-electron chi connectivity index (χ0n) is 63.6. The summed E-state index contributed by atoms with van der Waals surface area (Å²) in [4.78, 5) is 104. The predicted octanol–water partition coefficient (Wildman–Crippen LogP) is 8.43. The van der Waals surface area contributed by atoms with Crippen molar-refractivity contribution < 1.29 is 129 Å². The first-order valence-corrected chi connectivity index (χ1v) is 36.2. The van der Waals surface area contributed by atoms with Gasteiger partial charge in [-0.15, -0.1) is 0 Å². The molecule has 20 atom stereocenters. The number of nitrogens with zero attached hydrogens (tertiary/aromatic N) is 6. The average Bonchev–Trinajstić information content (AvgIpc) is 0.754. The van der Waals surface area contributed by atoms with Crippen LogP contribution in [0.3, 0.4) is 0 Å². The molecule has 0 spiro atoms. The third-order valence-corrected chi connectivity index (χ3v) is 18.0. The number of carbonyl (C=O) groups is 7. The maximum atomic E-state index is 14.9. The Bertz CT molecular complexity index is 3950. The highest BCUT2D eigenvalue weighted by molar-refractivity contribution is 5.78. The lowest BCUT2D eigenvalue weighted by atomic mass is 9.93. The van der Waals surface area contributed by atoms with Crippen molar-refractivity contribution in [3.63, 3.8) is 0 Å². The van der Waals surface area contributed by atoms with Crippen molar-refractivity contribution in [2.45, 2.75) is 211 Å². The Morgan fingerprint density at radius 1 is 0.429 bits per heavy atom. The second-order valence-electron chi connectivity index (χ2n) is 28.4. The fourth-order valence-corrected chi connectivity index (χ4v) is 12.2. The van der Waals surface area contributed by atoms with Crippen LogP contribution in [0.25, 0.3) is 20.9 Å². The van der Waals surface area contributed by atoms with Gasteiger partial charge in [0.05, 0.1) is 64.2 Å². The second-order valence-corrected chi connectivity index (χ2v) is 28.4. The van der Waals surface area contributed by atoms with E-state index in [2.05, 4.69) is 25.4 Å². The van der Waals surface area contributed by atoms with Gasteiger partial charge in [-0.05, 0) is 80.4 Å². The summed E-state index contributed by atoms with van der Waals surface area (Å²) in [6.45, 7) is 8.56. The smallest absolute Gasteiger partial charge is 0.407 e. The number of ether oxygens (including phenoxy) is 19. The van der Waals surface area contributed by atoms with Crippen LogP contribution in [0.4, 0.5) is 4.79 Å². The summed E-state index contributed by atoms with van der Waals surface area (Å²) in [6, 6.07) is 40.2. The van der Waals surface area contributed by atoms with E-state index < -0.39 is 189 Å². The number of esters is 6. The lowest BCUT2D eigenvalue weighted by Crippen LogP contribution is -2.69. The van der Waals surface area contributed by atoms with Crippen molar-refractivity contribution in [3.05, 3.63) is 200 Å². The maximum Gasteiger partial charge on any atom is 0.407 e. The van der Waals surface area contributed by atoms with Crippen LogP contribution >= 0.6 is 0 Å². The standard InChI is InChI=1S/C78H95N7O27/c1-45(86)97-43-52-56(88)58(99-38-47-26-16-11-17-27-47)54(82-84-79)70(104-52)107-63-61(102-41-50-32-22-14-23-33-50)67(112-75(92)78(6,7)8)73(110-65(63)69(90)95-10)106-57-53(44-98-46(2)87)105-71(55(83-85-80)59(57)100-39-48-28-18-12-19-29-48)108-62-60(101-40-49-30-20-13-21-31-49)66(111-74(91)77(3,4)5)72(109-64(62)68(89)94-9)96-37-36-81-76(93)103-42-51-34-24-15-25-35-51/h11-35,52-67,70-73,88H,36-44H2,1-10H3,(H,81,93)/t52-,53-,54-,55-,56-,57-,58-,59-,60+,61+,62+,63+,64-,65-,66-,67-,70-,71-,72-,73-/m1/s1. The Kier molecular flexibility index (Phi) is 32.1. The molecular weight excluding hydrogens is 1470 g/mol. The molecule has 0 aromatic heterocycles. The van der Waals surface area contributed by atoms with Gasteiger partial charge in [-0.3, -0.25) is 19.2 Å². The van der Waals surface area contributed by atoms with Crippen molar-refractivity contribution in [3.8, 4) is 0 Å². The molecule has 34 heteroatoms. The number of aliphatic hydroxyl groups excluding tert-OH is 1. The molecule has 112 heavy (non-hydrogen) atoms. The quantitative estimate of drug-likeness (QED) is 0.00973. The van der Waals surface area contributed by atoms with E-state index in [0.717, 1.165) is 33.6 Å². The first-order chi connectivity index (χ1) is 53.8.